The van der Waals surface area contributed by atoms with Gasteiger partial charge in [0.05, 0.1) is 7.11 Å². The zero-order chi connectivity index (χ0) is 22.9. The second kappa shape index (κ2) is 14.1. The Kier molecular flexibility index (Phi) is 11.9. The third-order valence-electron chi connectivity index (χ3n) is 6.75. The first-order valence-electron chi connectivity index (χ1n) is 12.8. The van der Waals surface area contributed by atoms with Crippen molar-refractivity contribution in [1.82, 2.24) is 0 Å². The van der Waals surface area contributed by atoms with Crippen molar-refractivity contribution in [2.45, 2.75) is 98.3 Å². The number of aryl methyl sites for hydroxylation is 2. The molecule has 2 aromatic rings. The summed E-state index contributed by atoms with van der Waals surface area (Å²) in [4.78, 5) is 0. The molecule has 0 unspecified atom stereocenters. The van der Waals surface area contributed by atoms with E-state index in [0.29, 0.717) is 0 Å². The summed E-state index contributed by atoms with van der Waals surface area (Å²) in [6.45, 7) is 8.78. The number of unbranched alkanes of at least 4 members (excludes halogenated alkanes) is 3. The van der Waals surface area contributed by atoms with Gasteiger partial charge in [-0.05, 0) is 61.3 Å². The average Bonchev–Trinajstić information content (AvgIpc) is 3.01. The zero-order valence-corrected chi connectivity index (χ0v) is 22.1. The van der Waals surface area contributed by atoms with Gasteiger partial charge in [-0.3, -0.25) is 0 Å². The summed E-state index contributed by atoms with van der Waals surface area (Å²) in [6.07, 6.45) is 18.1. The van der Waals surface area contributed by atoms with E-state index in [2.05, 4.69) is 64.5 Å². The number of hydrogen-bond acceptors (Lipinski definition) is 1. The number of rotatable bonds is 7. The molecule has 4 rings (SSSR count). The minimum atomic E-state index is 0. The fourth-order valence-corrected chi connectivity index (χ4v) is 5.12. The molecule has 174 valence electrons. The van der Waals surface area contributed by atoms with Crippen molar-refractivity contribution in [1.29, 1.82) is 0 Å². The summed E-state index contributed by atoms with van der Waals surface area (Å²) in [6, 6.07) is 10.5. The summed E-state index contributed by atoms with van der Waals surface area (Å²) in [7, 11) is 1.76. The molecule has 0 amide bonds. The summed E-state index contributed by atoms with van der Waals surface area (Å²) >= 11 is 0. The van der Waals surface area contributed by atoms with Crippen LogP contribution in [0.2, 0.25) is 0 Å². The third-order valence-corrected chi connectivity index (χ3v) is 6.75. The van der Waals surface area contributed by atoms with Gasteiger partial charge in [-0.1, -0.05) is 69.2 Å². The molecule has 0 aromatic heterocycles. The van der Waals surface area contributed by atoms with E-state index in [0.717, 1.165) is 18.6 Å². The first-order valence-corrected chi connectivity index (χ1v) is 12.8. The molecule has 0 atom stereocenters. The topological polar surface area (TPSA) is 9.23 Å². The van der Waals surface area contributed by atoms with E-state index >= 15 is 0 Å². The molecule has 0 fully saturated rings. The molecular formula is C31H42LiO-. The molecule has 0 spiro atoms. The molecule has 2 aliphatic carbocycles. The van der Waals surface area contributed by atoms with E-state index in [4.69, 9.17) is 4.74 Å². The van der Waals surface area contributed by atoms with Crippen molar-refractivity contribution in [3.05, 3.63) is 64.1 Å². The van der Waals surface area contributed by atoms with Gasteiger partial charge in [0.1, 0.15) is 0 Å². The van der Waals surface area contributed by atoms with Gasteiger partial charge in [0.15, 0.2) is 0 Å². The third kappa shape index (κ3) is 7.04. The number of ether oxygens (including phenoxy) is 1. The summed E-state index contributed by atoms with van der Waals surface area (Å²) in [5, 5.41) is 0. The van der Waals surface area contributed by atoms with Crippen LogP contribution in [0.15, 0.2) is 23.8 Å². The van der Waals surface area contributed by atoms with Crippen molar-refractivity contribution in [2.24, 2.45) is 0 Å². The van der Waals surface area contributed by atoms with Gasteiger partial charge in [-0.2, -0.15) is 25.5 Å². The van der Waals surface area contributed by atoms with E-state index in [1.807, 2.05) is 0 Å². The number of fused-ring (bicyclic) bond motifs is 2. The van der Waals surface area contributed by atoms with Gasteiger partial charge in [0.25, 0.3) is 0 Å². The smallest absolute Gasteiger partial charge is 0.522 e. The Hall–Kier alpha value is -1.42. The van der Waals surface area contributed by atoms with E-state index in [1.54, 1.807) is 18.2 Å². The van der Waals surface area contributed by atoms with Gasteiger partial charge in [0, 0.05) is 5.75 Å². The minimum Gasteiger partial charge on any atom is -0.522 e. The van der Waals surface area contributed by atoms with Gasteiger partial charge in [-0.25, -0.2) is 0 Å². The number of methoxy groups -OCH3 is 1. The van der Waals surface area contributed by atoms with Crippen LogP contribution in [0, 0.1) is 12.5 Å². The molecule has 0 bridgehead atoms. The van der Waals surface area contributed by atoms with Crippen LogP contribution in [0.1, 0.15) is 100 Å². The fourth-order valence-electron chi connectivity index (χ4n) is 5.12. The molecule has 33 heavy (non-hydrogen) atoms. The standard InChI is InChI=1S/C26H31O.C5H11.Li/c1-4-5-9-20-17-21(12-13-25(20)27-3)26-23-11-8-6-7-10-19(23)16-22-14-18(2)15-24(22)26;1-3-5-4-2;/h12,14,16-17H,4-11,15H2,1-3H3;3H,4-5H2,1-2H3;/q2*-1;+1. The van der Waals surface area contributed by atoms with Crippen LogP contribution in [0.25, 0.3) is 17.2 Å². The van der Waals surface area contributed by atoms with Crippen molar-refractivity contribution >= 4 is 6.08 Å². The fraction of sp³-hybridized carbons (Fsp3) is 0.516. The van der Waals surface area contributed by atoms with Crippen LogP contribution >= 0.6 is 0 Å². The Morgan fingerprint density at radius 3 is 2.48 bits per heavy atom. The largest absolute Gasteiger partial charge is 1.00 e. The predicted molar refractivity (Wildman–Crippen MR) is 139 cm³/mol. The van der Waals surface area contributed by atoms with E-state index in [-0.39, 0.29) is 18.9 Å². The van der Waals surface area contributed by atoms with Crippen molar-refractivity contribution in [3.8, 4) is 16.9 Å². The molecule has 1 nitrogen and oxygen atoms in total. The predicted octanol–water partition coefficient (Wildman–Crippen LogP) is 5.75. The Morgan fingerprint density at radius 2 is 1.82 bits per heavy atom. The molecule has 0 saturated carbocycles. The summed E-state index contributed by atoms with van der Waals surface area (Å²) in [5.74, 6) is 0.917. The molecule has 0 aliphatic heterocycles. The van der Waals surface area contributed by atoms with Crippen LogP contribution < -0.4 is 23.6 Å². The van der Waals surface area contributed by atoms with Crippen LogP contribution in [0.4, 0.5) is 0 Å². The number of allylic oxidation sites excluding steroid dienone is 1. The molecular weight excluding hydrogens is 395 g/mol. The van der Waals surface area contributed by atoms with Crippen molar-refractivity contribution < 1.29 is 23.6 Å². The number of benzene rings is 2. The maximum Gasteiger partial charge on any atom is 1.00 e. The Morgan fingerprint density at radius 1 is 1.03 bits per heavy atom. The Bertz CT molecular complexity index is 923. The van der Waals surface area contributed by atoms with Crippen molar-refractivity contribution in [3.63, 3.8) is 0 Å². The normalized spacial score (nSPS) is 14.2. The van der Waals surface area contributed by atoms with Crippen LogP contribution in [-0.4, -0.2) is 7.11 Å². The molecule has 0 saturated heterocycles. The maximum absolute atomic E-state index is 5.61. The molecule has 0 radical (unpaired) electrons. The van der Waals surface area contributed by atoms with Crippen LogP contribution in [-0.2, 0) is 25.7 Å². The van der Waals surface area contributed by atoms with E-state index in [9.17, 15) is 0 Å². The second-order valence-electron chi connectivity index (χ2n) is 9.43. The van der Waals surface area contributed by atoms with Crippen LogP contribution in [0.3, 0.4) is 0 Å². The average molecular weight is 438 g/mol. The summed E-state index contributed by atoms with van der Waals surface area (Å²) < 4.78 is 5.61. The van der Waals surface area contributed by atoms with Gasteiger partial charge < -0.3 is 11.2 Å². The van der Waals surface area contributed by atoms with E-state index in [1.165, 1.54) is 91.2 Å². The van der Waals surface area contributed by atoms with Gasteiger partial charge >= 0.3 is 18.9 Å². The first kappa shape index (κ1) is 27.8. The molecule has 2 heteroatoms. The van der Waals surface area contributed by atoms with Gasteiger partial charge in [0.2, 0.25) is 0 Å². The van der Waals surface area contributed by atoms with E-state index < -0.39 is 0 Å². The monoisotopic (exact) mass is 437 g/mol. The molecule has 0 heterocycles. The minimum absolute atomic E-state index is 0. The summed E-state index contributed by atoms with van der Waals surface area (Å²) in [5.41, 5.74) is 11.8. The molecule has 2 aliphatic rings. The zero-order valence-electron chi connectivity index (χ0n) is 22.1. The SMILES string of the molecule is CCCCc1cc(-c2c3c(cc4c2CCCCC4)C=C(C)C3)c[c-]c1OC.C[CH-]CCC.[Li+]. The molecule has 2 aromatic carbocycles. The first-order chi connectivity index (χ1) is 15.6. The van der Waals surface area contributed by atoms with Crippen molar-refractivity contribution in [2.75, 3.05) is 7.11 Å². The Labute approximate surface area is 215 Å². The second-order valence-corrected chi connectivity index (χ2v) is 9.43. The quantitative estimate of drug-likeness (QED) is 0.305. The molecule has 0 N–H and O–H groups in total. The van der Waals surface area contributed by atoms with Gasteiger partial charge in [-0.15, -0.1) is 17.2 Å². The van der Waals surface area contributed by atoms with Crippen LogP contribution in [0.5, 0.6) is 5.75 Å². The number of hydrogen-bond donors (Lipinski definition) is 0. The maximum atomic E-state index is 5.61. The Balaban J connectivity index is 0.000000583.